The zero-order chi connectivity index (χ0) is 17.4. The average molecular weight is 342 g/mol. The van der Waals surface area contributed by atoms with Crippen molar-refractivity contribution in [3.05, 3.63) is 70.3 Å². The molecule has 0 fully saturated rings. The second kappa shape index (κ2) is 8.76. The maximum atomic E-state index is 11.7. The molecule has 0 amide bonds. The Morgan fingerprint density at radius 1 is 1.25 bits per heavy atom. The molecule has 122 valence electrons. The average Bonchev–Trinajstić information content (AvgIpc) is 2.59. The highest BCUT2D eigenvalue weighted by Gasteiger charge is 2.10. The minimum atomic E-state index is -0.637. The van der Waals surface area contributed by atoms with Gasteiger partial charge in [0.2, 0.25) is 0 Å². The summed E-state index contributed by atoms with van der Waals surface area (Å²) in [7, 11) is 0. The van der Waals surface area contributed by atoms with E-state index in [-0.39, 0.29) is 12.2 Å². The normalized spacial score (nSPS) is 10.8. The molecule has 0 spiro atoms. The van der Waals surface area contributed by atoms with Crippen molar-refractivity contribution in [3.8, 4) is 11.8 Å². The second-order valence-corrected chi connectivity index (χ2v) is 5.25. The van der Waals surface area contributed by atoms with Crippen LogP contribution in [-0.2, 0) is 16.1 Å². The summed E-state index contributed by atoms with van der Waals surface area (Å²) in [5.74, 6) is -0.0211. The third-order valence-corrected chi connectivity index (χ3v) is 3.51. The molecule has 0 saturated carbocycles. The summed E-state index contributed by atoms with van der Waals surface area (Å²) in [5.41, 5.74) is 1.50. The van der Waals surface area contributed by atoms with Gasteiger partial charge < -0.3 is 9.47 Å². The van der Waals surface area contributed by atoms with Gasteiger partial charge in [-0.1, -0.05) is 41.9 Å². The summed E-state index contributed by atoms with van der Waals surface area (Å²) in [5, 5.41) is 9.71. The molecule has 0 aliphatic carbocycles. The number of halogens is 1. The molecular formula is C19H16ClNO3. The minimum absolute atomic E-state index is 0.0555. The Labute approximate surface area is 145 Å². The molecule has 0 saturated heterocycles. The summed E-state index contributed by atoms with van der Waals surface area (Å²) in [6, 6.07) is 16.4. The lowest BCUT2D eigenvalue weighted by atomic mass is 10.1. The first-order valence-corrected chi connectivity index (χ1v) is 7.77. The number of hydrogen-bond acceptors (Lipinski definition) is 4. The third kappa shape index (κ3) is 4.87. The predicted octanol–water partition coefficient (Wildman–Crippen LogP) is 4.39. The quantitative estimate of drug-likeness (QED) is 0.444. The van der Waals surface area contributed by atoms with Crippen LogP contribution in [-0.4, -0.2) is 12.6 Å². The number of esters is 1. The standard InChI is InChI=1S/C19H16ClNO3/c1-2-23-19(22)16(12-21)10-14-6-5-8-17(11-14)24-13-15-7-3-4-9-18(15)20/h3-11H,2,13H2,1H3/b16-10+. The lowest BCUT2D eigenvalue weighted by Gasteiger charge is -2.08. The van der Waals surface area contributed by atoms with E-state index in [9.17, 15) is 4.79 Å². The highest BCUT2D eigenvalue weighted by atomic mass is 35.5. The molecule has 0 atom stereocenters. The molecule has 0 N–H and O–H groups in total. The summed E-state index contributed by atoms with van der Waals surface area (Å²) in [6.45, 7) is 2.24. The van der Waals surface area contributed by atoms with Crippen LogP contribution in [0.3, 0.4) is 0 Å². The van der Waals surface area contributed by atoms with Gasteiger partial charge in [-0.2, -0.15) is 5.26 Å². The Kier molecular flexibility index (Phi) is 6.41. The monoisotopic (exact) mass is 341 g/mol. The number of carbonyl (C=O) groups is 1. The van der Waals surface area contributed by atoms with Gasteiger partial charge in [-0.05, 0) is 36.8 Å². The molecule has 0 aliphatic rings. The van der Waals surface area contributed by atoms with Gasteiger partial charge in [-0.3, -0.25) is 0 Å². The number of benzene rings is 2. The van der Waals surface area contributed by atoms with Crippen molar-refractivity contribution in [3.63, 3.8) is 0 Å². The SMILES string of the molecule is CCOC(=O)/C(C#N)=C/c1cccc(OCc2ccccc2Cl)c1. The first kappa shape index (κ1) is 17.6. The minimum Gasteiger partial charge on any atom is -0.489 e. The van der Waals surface area contributed by atoms with E-state index in [2.05, 4.69) is 0 Å². The zero-order valence-electron chi connectivity index (χ0n) is 13.2. The van der Waals surface area contributed by atoms with E-state index in [1.807, 2.05) is 24.3 Å². The number of ether oxygens (including phenoxy) is 2. The smallest absolute Gasteiger partial charge is 0.348 e. The van der Waals surface area contributed by atoms with E-state index in [4.69, 9.17) is 26.3 Å². The Hall–Kier alpha value is -2.77. The first-order valence-electron chi connectivity index (χ1n) is 7.39. The predicted molar refractivity (Wildman–Crippen MR) is 92.4 cm³/mol. The van der Waals surface area contributed by atoms with Crippen molar-refractivity contribution >= 4 is 23.6 Å². The van der Waals surface area contributed by atoms with E-state index in [1.54, 1.807) is 37.3 Å². The maximum Gasteiger partial charge on any atom is 0.348 e. The van der Waals surface area contributed by atoms with Gasteiger partial charge in [-0.15, -0.1) is 0 Å². The molecule has 5 heteroatoms. The molecule has 4 nitrogen and oxygen atoms in total. The van der Waals surface area contributed by atoms with Crippen molar-refractivity contribution in [1.82, 2.24) is 0 Å². The van der Waals surface area contributed by atoms with E-state index < -0.39 is 5.97 Å². The molecular weight excluding hydrogens is 326 g/mol. The Morgan fingerprint density at radius 2 is 2.04 bits per heavy atom. The first-order chi connectivity index (χ1) is 11.6. The molecule has 2 rings (SSSR count). The van der Waals surface area contributed by atoms with Gasteiger partial charge in [0.05, 0.1) is 6.61 Å². The molecule has 0 aromatic heterocycles. The van der Waals surface area contributed by atoms with Gasteiger partial charge in [-0.25, -0.2) is 4.79 Å². The van der Waals surface area contributed by atoms with Crippen LogP contribution in [0.1, 0.15) is 18.1 Å². The summed E-state index contributed by atoms with van der Waals surface area (Å²) >= 11 is 6.10. The zero-order valence-corrected chi connectivity index (χ0v) is 13.9. The fraction of sp³-hybridized carbons (Fsp3) is 0.158. The Morgan fingerprint density at radius 3 is 2.75 bits per heavy atom. The Bertz CT molecular complexity index is 793. The third-order valence-electron chi connectivity index (χ3n) is 3.14. The van der Waals surface area contributed by atoms with E-state index >= 15 is 0 Å². The molecule has 0 radical (unpaired) electrons. The highest BCUT2D eigenvalue weighted by molar-refractivity contribution is 6.31. The van der Waals surface area contributed by atoms with Crippen LogP contribution < -0.4 is 4.74 Å². The topological polar surface area (TPSA) is 59.3 Å². The van der Waals surface area contributed by atoms with Crippen LogP contribution >= 0.6 is 11.6 Å². The number of carbonyl (C=O) groups excluding carboxylic acids is 1. The van der Waals surface area contributed by atoms with Gasteiger partial charge >= 0.3 is 5.97 Å². The summed E-state index contributed by atoms with van der Waals surface area (Å²) in [6.07, 6.45) is 1.47. The lowest BCUT2D eigenvalue weighted by molar-refractivity contribution is -0.137. The number of nitrogens with zero attached hydrogens (tertiary/aromatic N) is 1. The molecule has 24 heavy (non-hydrogen) atoms. The molecule has 0 bridgehead atoms. The van der Waals surface area contributed by atoms with Crippen LogP contribution in [0.4, 0.5) is 0 Å². The molecule has 2 aromatic rings. The molecule has 0 heterocycles. The van der Waals surface area contributed by atoms with E-state index in [0.717, 1.165) is 5.56 Å². The molecule has 0 aliphatic heterocycles. The molecule has 0 unspecified atom stereocenters. The van der Waals surface area contributed by atoms with Gasteiger partial charge in [0, 0.05) is 10.6 Å². The van der Waals surface area contributed by atoms with Crippen LogP contribution in [0.2, 0.25) is 5.02 Å². The van der Waals surface area contributed by atoms with E-state index in [1.165, 1.54) is 6.08 Å². The van der Waals surface area contributed by atoms with Gasteiger partial charge in [0.15, 0.2) is 0 Å². The van der Waals surface area contributed by atoms with Crippen LogP contribution in [0.25, 0.3) is 6.08 Å². The van der Waals surface area contributed by atoms with E-state index in [0.29, 0.717) is 22.9 Å². The van der Waals surface area contributed by atoms with Crippen molar-refractivity contribution < 1.29 is 14.3 Å². The second-order valence-electron chi connectivity index (χ2n) is 4.84. The van der Waals surface area contributed by atoms with Crippen molar-refractivity contribution in [2.45, 2.75) is 13.5 Å². The number of nitriles is 1. The largest absolute Gasteiger partial charge is 0.489 e. The molecule has 2 aromatic carbocycles. The number of hydrogen-bond donors (Lipinski definition) is 0. The van der Waals surface area contributed by atoms with Crippen molar-refractivity contribution in [1.29, 1.82) is 5.26 Å². The Balaban J connectivity index is 2.13. The van der Waals surface area contributed by atoms with Gasteiger partial charge in [0.25, 0.3) is 0 Å². The van der Waals surface area contributed by atoms with Gasteiger partial charge in [0.1, 0.15) is 24.0 Å². The fourth-order valence-electron chi connectivity index (χ4n) is 1.98. The maximum absolute atomic E-state index is 11.7. The van der Waals surface area contributed by atoms with Crippen molar-refractivity contribution in [2.75, 3.05) is 6.61 Å². The van der Waals surface area contributed by atoms with Crippen molar-refractivity contribution in [2.24, 2.45) is 0 Å². The lowest BCUT2D eigenvalue weighted by Crippen LogP contribution is -2.06. The van der Waals surface area contributed by atoms with Crippen LogP contribution in [0, 0.1) is 11.3 Å². The summed E-state index contributed by atoms with van der Waals surface area (Å²) in [4.78, 5) is 11.7. The number of rotatable bonds is 6. The summed E-state index contributed by atoms with van der Waals surface area (Å²) < 4.78 is 10.6. The fourth-order valence-corrected chi connectivity index (χ4v) is 2.17. The van der Waals surface area contributed by atoms with Crippen LogP contribution in [0.15, 0.2) is 54.1 Å². The van der Waals surface area contributed by atoms with Crippen LogP contribution in [0.5, 0.6) is 5.75 Å². The highest BCUT2D eigenvalue weighted by Crippen LogP contribution is 2.20.